The number of aromatic amines is 1. The first kappa shape index (κ1) is 12.7. The highest BCUT2D eigenvalue weighted by atomic mass is 16.7. The van der Waals surface area contributed by atoms with Crippen LogP contribution in [0.4, 0.5) is 11.8 Å². The number of H-pyrrole nitrogens is 1. The third-order valence-electron chi connectivity index (χ3n) is 3.25. The summed E-state index contributed by atoms with van der Waals surface area (Å²) < 4.78 is 10.7. The molecule has 1 aliphatic rings. The number of imidazole rings is 1. The molecule has 0 unspecified atom stereocenters. The zero-order chi connectivity index (χ0) is 14.1. The van der Waals surface area contributed by atoms with Gasteiger partial charge in [-0.1, -0.05) is 6.07 Å². The van der Waals surface area contributed by atoms with Gasteiger partial charge in [-0.25, -0.2) is 4.98 Å². The van der Waals surface area contributed by atoms with E-state index in [1.54, 1.807) is 0 Å². The number of aromatic nitrogens is 2. The van der Waals surface area contributed by atoms with E-state index in [1.807, 2.05) is 50.4 Å². The number of hydrogen-bond acceptors (Lipinski definition) is 5. The molecule has 0 amide bonds. The van der Waals surface area contributed by atoms with Crippen LogP contribution in [-0.4, -0.2) is 37.9 Å². The van der Waals surface area contributed by atoms with E-state index in [-0.39, 0.29) is 0 Å². The second-order valence-electron chi connectivity index (χ2n) is 5.03. The van der Waals surface area contributed by atoms with E-state index in [2.05, 4.69) is 14.9 Å². The first-order valence-corrected chi connectivity index (χ1v) is 6.45. The van der Waals surface area contributed by atoms with Crippen LogP contribution in [0.25, 0.3) is 0 Å². The van der Waals surface area contributed by atoms with Crippen molar-refractivity contribution in [3.8, 4) is 11.5 Å². The van der Waals surface area contributed by atoms with Gasteiger partial charge < -0.3 is 24.3 Å². The Balaban J connectivity index is 1.73. The number of nitrogens with zero attached hydrogens (tertiary/aromatic N) is 3. The Hall–Kier alpha value is -2.37. The Morgan fingerprint density at radius 2 is 2.00 bits per heavy atom. The fourth-order valence-corrected chi connectivity index (χ4v) is 2.11. The lowest BCUT2D eigenvalue weighted by Crippen LogP contribution is -2.18. The number of benzene rings is 1. The van der Waals surface area contributed by atoms with Crippen LogP contribution in [0.2, 0.25) is 0 Å². The Morgan fingerprint density at radius 1 is 1.20 bits per heavy atom. The molecule has 0 fully saturated rings. The largest absolute Gasteiger partial charge is 0.454 e. The van der Waals surface area contributed by atoms with E-state index in [4.69, 9.17) is 9.47 Å². The van der Waals surface area contributed by atoms with Crippen molar-refractivity contribution in [1.29, 1.82) is 0 Å². The van der Waals surface area contributed by atoms with Gasteiger partial charge in [-0.3, -0.25) is 0 Å². The van der Waals surface area contributed by atoms with Crippen LogP contribution in [-0.2, 0) is 6.54 Å². The fourth-order valence-electron chi connectivity index (χ4n) is 2.11. The van der Waals surface area contributed by atoms with Crippen molar-refractivity contribution in [2.24, 2.45) is 0 Å². The zero-order valence-corrected chi connectivity index (χ0v) is 11.9. The molecule has 0 saturated heterocycles. The Morgan fingerprint density at radius 3 is 2.75 bits per heavy atom. The maximum Gasteiger partial charge on any atom is 0.231 e. The monoisotopic (exact) mass is 274 g/mol. The summed E-state index contributed by atoms with van der Waals surface area (Å²) in [6, 6.07) is 5.99. The van der Waals surface area contributed by atoms with Gasteiger partial charge in [-0.2, -0.15) is 0 Å². The summed E-state index contributed by atoms with van der Waals surface area (Å²) in [7, 11) is 5.97. The molecule has 0 aliphatic carbocycles. The second kappa shape index (κ2) is 4.96. The summed E-state index contributed by atoms with van der Waals surface area (Å²) >= 11 is 0. The van der Waals surface area contributed by atoms with E-state index in [0.29, 0.717) is 6.79 Å². The summed E-state index contributed by atoms with van der Waals surface area (Å²) in [5, 5.41) is 0. The summed E-state index contributed by atoms with van der Waals surface area (Å²) in [6.07, 6.45) is 1.82. The van der Waals surface area contributed by atoms with Crippen LogP contribution >= 0.6 is 0 Å². The molecule has 1 N–H and O–H groups in total. The fraction of sp³-hybridized carbons (Fsp3) is 0.357. The lowest BCUT2D eigenvalue weighted by molar-refractivity contribution is 0.174. The molecule has 6 heteroatoms. The third kappa shape index (κ3) is 2.36. The number of anilines is 2. The molecule has 1 aromatic heterocycles. The molecule has 106 valence electrons. The molecule has 3 rings (SSSR count). The normalized spacial score (nSPS) is 12.6. The number of fused-ring (bicyclic) bond motifs is 1. The minimum atomic E-state index is 0.305. The van der Waals surface area contributed by atoms with Gasteiger partial charge >= 0.3 is 0 Å². The van der Waals surface area contributed by atoms with Crippen molar-refractivity contribution in [3.63, 3.8) is 0 Å². The Labute approximate surface area is 117 Å². The van der Waals surface area contributed by atoms with Crippen LogP contribution in [0.3, 0.4) is 0 Å². The summed E-state index contributed by atoms with van der Waals surface area (Å²) in [4.78, 5) is 11.7. The smallest absolute Gasteiger partial charge is 0.231 e. The quantitative estimate of drug-likeness (QED) is 0.922. The van der Waals surface area contributed by atoms with E-state index in [9.17, 15) is 0 Å². The Bertz CT molecular complexity index is 609. The van der Waals surface area contributed by atoms with E-state index >= 15 is 0 Å². The molecule has 0 spiro atoms. The van der Waals surface area contributed by atoms with Crippen molar-refractivity contribution in [1.82, 2.24) is 9.97 Å². The molecule has 0 saturated carbocycles. The van der Waals surface area contributed by atoms with Crippen molar-refractivity contribution in [2.45, 2.75) is 6.54 Å². The molecule has 20 heavy (non-hydrogen) atoms. The first-order chi connectivity index (χ1) is 9.63. The average Bonchev–Trinajstić information content (AvgIpc) is 3.07. The summed E-state index contributed by atoms with van der Waals surface area (Å²) in [5.41, 5.74) is 1.15. The van der Waals surface area contributed by atoms with Gasteiger partial charge in [0.2, 0.25) is 12.7 Å². The number of rotatable bonds is 4. The lowest BCUT2D eigenvalue weighted by Gasteiger charge is -2.16. The molecular formula is C14H18N4O2. The number of hydrogen-bond donors (Lipinski definition) is 1. The van der Waals surface area contributed by atoms with Gasteiger partial charge in [0, 0.05) is 27.7 Å². The molecule has 2 aromatic rings. The van der Waals surface area contributed by atoms with Crippen molar-refractivity contribution in [2.75, 3.05) is 37.7 Å². The average molecular weight is 274 g/mol. The van der Waals surface area contributed by atoms with Gasteiger partial charge in [-0.05, 0) is 17.7 Å². The van der Waals surface area contributed by atoms with Gasteiger partial charge in [0.25, 0.3) is 0 Å². The molecular weight excluding hydrogens is 256 g/mol. The topological polar surface area (TPSA) is 53.6 Å². The predicted molar refractivity (Wildman–Crippen MR) is 77.6 cm³/mol. The first-order valence-electron chi connectivity index (χ1n) is 6.45. The molecule has 6 nitrogen and oxygen atoms in total. The zero-order valence-electron chi connectivity index (χ0n) is 11.9. The minimum absolute atomic E-state index is 0.305. The highest BCUT2D eigenvalue weighted by molar-refractivity contribution is 5.47. The van der Waals surface area contributed by atoms with Crippen molar-refractivity contribution in [3.05, 3.63) is 30.0 Å². The SMILES string of the molecule is CN(C)c1cnc(N(C)Cc2ccc3c(c2)OCO3)[nH]1. The van der Waals surface area contributed by atoms with Crippen molar-refractivity contribution >= 4 is 11.8 Å². The van der Waals surface area contributed by atoms with Gasteiger partial charge in [0.05, 0.1) is 6.20 Å². The molecule has 1 aliphatic heterocycles. The van der Waals surface area contributed by atoms with Crippen LogP contribution in [0.15, 0.2) is 24.4 Å². The van der Waals surface area contributed by atoms with Crippen LogP contribution in [0, 0.1) is 0 Å². The highest BCUT2D eigenvalue weighted by Crippen LogP contribution is 2.32. The van der Waals surface area contributed by atoms with Crippen LogP contribution < -0.4 is 19.3 Å². The molecule has 0 radical (unpaired) electrons. The Kier molecular flexibility index (Phi) is 3.14. The van der Waals surface area contributed by atoms with Gasteiger partial charge in [0.1, 0.15) is 5.82 Å². The summed E-state index contributed by atoms with van der Waals surface area (Å²) in [5.74, 6) is 3.44. The highest BCUT2D eigenvalue weighted by Gasteiger charge is 2.14. The van der Waals surface area contributed by atoms with E-state index in [0.717, 1.165) is 35.4 Å². The van der Waals surface area contributed by atoms with Gasteiger partial charge in [-0.15, -0.1) is 0 Å². The van der Waals surface area contributed by atoms with Crippen LogP contribution in [0.5, 0.6) is 11.5 Å². The minimum Gasteiger partial charge on any atom is -0.454 e. The number of nitrogens with one attached hydrogen (secondary N) is 1. The molecule has 0 atom stereocenters. The lowest BCUT2D eigenvalue weighted by atomic mass is 10.2. The molecule has 0 bridgehead atoms. The predicted octanol–water partition coefficient (Wildman–Crippen LogP) is 1.84. The van der Waals surface area contributed by atoms with Crippen LogP contribution in [0.1, 0.15) is 5.56 Å². The maximum absolute atomic E-state index is 5.39. The van der Waals surface area contributed by atoms with Crippen molar-refractivity contribution < 1.29 is 9.47 Å². The molecule has 1 aromatic carbocycles. The van der Waals surface area contributed by atoms with E-state index < -0.39 is 0 Å². The molecule has 2 heterocycles. The van der Waals surface area contributed by atoms with E-state index in [1.165, 1.54) is 0 Å². The standard InChI is InChI=1S/C14H18N4O2/c1-17(2)13-7-15-14(16-13)18(3)8-10-4-5-11-12(6-10)20-9-19-11/h4-7H,8-9H2,1-3H3,(H,15,16). The third-order valence-corrected chi connectivity index (χ3v) is 3.25. The maximum atomic E-state index is 5.39. The second-order valence-corrected chi connectivity index (χ2v) is 5.03. The number of ether oxygens (including phenoxy) is 2. The summed E-state index contributed by atoms with van der Waals surface area (Å²) in [6.45, 7) is 1.05. The van der Waals surface area contributed by atoms with Gasteiger partial charge in [0.15, 0.2) is 11.5 Å².